The molecule has 1 unspecified atom stereocenters. The molecule has 0 bridgehead atoms. The molecule has 0 aromatic heterocycles. The number of hydrogen-bond acceptors (Lipinski definition) is 3. The Morgan fingerprint density at radius 3 is 2.42 bits per heavy atom. The summed E-state index contributed by atoms with van der Waals surface area (Å²) in [7, 11) is 1.54. The first kappa shape index (κ1) is 26.5. The third-order valence-electron chi connectivity index (χ3n) is 6.21. The van der Waals surface area contributed by atoms with E-state index < -0.39 is 0 Å². The number of amides is 2. The molecule has 2 amide bonds. The SMILES string of the molecule is C=C/C=C\C(=C(C)C)/C(=C\C=C)C(=O)N1Cc2ccccc2CC1CNC(=O)c1ccccc1OC. The Bertz CT molecular complexity index is 1230. The maximum atomic E-state index is 14.0. The normalized spacial score (nSPS) is 15.1. The molecule has 5 heteroatoms. The van der Waals surface area contributed by atoms with Gasteiger partial charge in [0.2, 0.25) is 0 Å². The van der Waals surface area contributed by atoms with E-state index in [0.29, 0.717) is 36.4 Å². The van der Waals surface area contributed by atoms with E-state index in [2.05, 4.69) is 30.6 Å². The zero-order chi connectivity index (χ0) is 26.1. The fourth-order valence-electron chi connectivity index (χ4n) is 4.38. The lowest BCUT2D eigenvalue weighted by Gasteiger charge is -2.38. The van der Waals surface area contributed by atoms with E-state index in [1.807, 2.05) is 49.1 Å². The summed E-state index contributed by atoms with van der Waals surface area (Å²) < 4.78 is 5.34. The van der Waals surface area contributed by atoms with Gasteiger partial charge in [0.15, 0.2) is 0 Å². The molecule has 186 valence electrons. The molecule has 0 saturated heterocycles. The molecule has 1 N–H and O–H groups in total. The first-order valence-corrected chi connectivity index (χ1v) is 12.0. The lowest BCUT2D eigenvalue weighted by atomic mass is 9.91. The summed E-state index contributed by atoms with van der Waals surface area (Å²) in [6, 6.07) is 15.0. The van der Waals surface area contributed by atoms with Crippen LogP contribution in [0.15, 0.2) is 109 Å². The van der Waals surface area contributed by atoms with Crippen LogP contribution in [0.25, 0.3) is 0 Å². The minimum Gasteiger partial charge on any atom is -0.496 e. The number of carbonyl (C=O) groups excluding carboxylic acids is 2. The fourth-order valence-corrected chi connectivity index (χ4v) is 4.38. The van der Waals surface area contributed by atoms with Gasteiger partial charge in [-0.1, -0.05) is 79.4 Å². The van der Waals surface area contributed by atoms with Crippen molar-refractivity contribution in [3.8, 4) is 5.75 Å². The fraction of sp³-hybridized carbons (Fsp3) is 0.226. The quantitative estimate of drug-likeness (QED) is 0.376. The Morgan fingerprint density at radius 1 is 1.06 bits per heavy atom. The molecule has 1 atom stereocenters. The number of nitrogens with zero attached hydrogens (tertiary/aromatic N) is 1. The molecule has 1 aliphatic rings. The van der Waals surface area contributed by atoms with Crippen molar-refractivity contribution in [3.05, 3.63) is 125 Å². The van der Waals surface area contributed by atoms with Crippen LogP contribution in [-0.2, 0) is 17.8 Å². The second-order valence-electron chi connectivity index (χ2n) is 8.79. The summed E-state index contributed by atoms with van der Waals surface area (Å²) in [6.45, 7) is 12.3. The topological polar surface area (TPSA) is 58.6 Å². The number of methoxy groups -OCH3 is 1. The number of para-hydroxylation sites is 1. The number of rotatable bonds is 9. The van der Waals surface area contributed by atoms with E-state index in [1.54, 1.807) is 43.5 Å². The van der Waals surface area contributed by atoms with Crippen LogP contribution in [0, 0.1) is 0 Å². The maximum Gasteiger partial charge on any atom is 0.255 e. The van der Waals surface area contributed by atoms with Crippen LogP contribution in [0.4, 0.5) is 0 Å². The van der Waals surface area contributed by atoms with Gasteiger partial charge in [0.05, 0.1) is 18.7 Å². The third-order valence-corrected chi connectivity index (χ3v) is 6.21. The standard InChI is InChI=1S/C31H34N2O3/c1-6-8-16-26(22(3)4)27(13-7-2)31(35)33-21-24-15-10-9-14-23(24)19-25(33)20-32-30(34)28-17-11-12-18-29(28)36-5/h6-18,25H,1-2,19-21H2,3-5H3,(H,32,34)/b16-8-,27-13+. The summed E-state index contributed by atoms with van der Waals surface area (Å²) in [5.74, 6) is 0.167. The molecule has 0 aliphatic carbocycles. The highest BCUT2D eigenvalue weighted by Crippen LogP contribution is 2.28. The zero-order valence-corrected chi connectivity index (χ0v) is 21.3. The van der Waals surface area contributed by atoms with Crippen molar-refractivity contribution in [2.75, 3.05) is 13.7 Å². The Balaban J connectivity index is 1.94. The zero-order valence-electron chi connectivity index (χ0n) is 21.3. The first-order valence-electron chi connectivity index (χ1n) is 12.0. The summed E-state index contributed by atoms with van der Waals surface area (Å²) in [5, 5.41) is 3.02. The molecule has 0 spiro atoms. The lowest BCUT2D eigenvalue weighted by Crippen LogP contribution is -2.50. The van der Waals surface area contributed by atoms with Crippen LogP contribution >= 0.6 is 0 Å². The van der Waals surface area contributed by atoms with Crippen molar-refractivity contribution in [1.29, 1.82) is 0 Å². The third kappa shape index (κ3) is 6.11. The van der Waals surface area contributed by atoms with Gasteiger partial charge in [0.1, 0.15) is 5.75 Å². The van der Waals surface area contributed by atoms with Gasteiger partial charge in [-0.05, 0) is 55.2 Å². The molecule has 2 aromatic rings. The minimum atomic E-state index is -0.237. The van der Waals surface area contributed by atoms with E-state index in [1.165, 1.54) is 5.56 Å². The van der Waals surface area contributed by atoms with Gasteiger partial charge >= 0.3 is 0 Å². The van der Waals surface area contributed by atoms with Gasteiger partial charge in [0, 0.05) is 18.7 Å². The van der Waals surface area contributed by atoms with Crippen molar-refractivity contribution < 1.29 is 14.3 Å². The van der Waals surface area contributed by atoms with Crippen molar-refractivity contribution >= 4 is 11.8 Å². The van der Waals surface area contributed by atoms with Crippen molar-refractivity contribution in [3.63, 3.8) is 0 Å². The summed E-state index contributed by atoms with van der Waals surface area (Å²) in [5.41, 5.74) is 5.15. The Morgan fingerprint density at radius 2 is 1.75 bits per heavy atom. The highest BCUT2D eigenvalue weighted by Gasteiger charge is 2.32. The Hall–Kier alpha value is -4.12. The van der Waals surface area contributed by atoms with E-state index >= 15 is 0 Å². The van der Waals surface area contributed by atoms with E-state index in [0.717, 1.165) is 16.7 Å². The van der Waals surface area contributed by atoms with Gasteiger partial charge in [-0.15, -0.1) is 0 Å². The highest BCUT2D eigenvalue weighted by atomic mass is 16.5. The van der Waals surface area contributed by atoms with E-state index in [-0.39, 0.29) is 17.9 Å². The predicted octanol–water partition coefficient (Wildman–Crippen LogP) is 5.57. The van der Waals surface area contributed by atoms with Crippen LogP contribution in [0.5, 0.6) is 5.75 Å². The molecular weight excluding hydrogens is 448 g/mol. The van der Waals surface area contributed by atoms with Crippen molar-refractivity contribution in [2.45, 2.75) is 32.9 Å². The molecule has 1 heterocycles. The lowest BCUT2D eigenvalue weighted by molar-refractivity contribution is -0.130. The number of hydrogen-bond donors (Lipinski definition) is 1. The molecule has 36 heavy (non-hydrogen) atoms. The molecule has 5 nitrogen and oxygen atoms in total. The molecule has 0 fully saturated rings. The molecule has 0 saturated carbocycles. The maximum absolute atomic E-state index is 14.0. The number of nitrogens with one attached hydrogen (secondary N) is 1. The molecule has 1 aliphatic heterocycles. The summed E-state index contributed by atoms with van der Waals surface area (Å²) >= 11 is 0. The largest absolute Gasteiger partial charge is 0.496 e. The monoisotopic (exact) mass is 482 g/mol. The van der Waals surface area contributed by atoms with Crippen LogP contribution in [0.3, 0.4) is 0 Å². The molecule has 0 radical (unpaired) electrons. The number of carbonyl (C=O) groups is 2. The second kappa shape index (κ2) is 12.5. The highest BCUT2D eigenvalue weighted by molar-refractivity contribution is 6.00. The van der Waals surface area contributed by atoms with Crippen LogP contribution in [-0.4, -0.2) is 36.4 Å². The molecular formula is C31H34N2O3. The predicted molar refractivity (Wildman–Crippen MR) is 146 cm³/mol. The number of ether oxygens (including phenoxy) is 1. The van der Waals surface area contributed by atoms with Crippen LogP contribution in [0.1, 0.15) is 35.3 Å². The van der Waals surface area contributed by atoms with Crippen LogP contribution < -0.4 is 10.1 Å². The Kier molecular flexibility index (Phi) is 9.23. The summed E-state index contributed by atoms with van der Waals surface area (Å²) in [4.78, 5) is 28.9. The number of fused-ring (bicyclic) bond motifs is 1. The summed E-state index contributed by atoms with van der Waals surface area (Å²) in [6.07, 6.45) is 9.43. The van der Waals surface area contributed by atoms with E-state index in [4.69, 9.17) is 4.74 Å². The average Bonchev–Trinajstić information content (AvgIpc) is 2.90. The molecule has 3 rings (SSSR count). The van der Waals surface area contributed by atoms with E-state index in [9.17, 15) is 9.59 Å². The van der Waals surface area contributed by atoms with Crippen molar-refractivity contribution in [2.24, 2.45) is 0 Å². The first-order chi connectivity index (χ1) is 17.4. The smallest absolute Gasteiger partial charge is 0.255 e. The van der Waals surface area contributed by atoms with Gasteiger partial charge in [-0.2, -0.15) is 0 Å². The van der Waals surface area contributed by atoms with Gasteiger partial charge in [0.25, 0.3) is 11.8 Å². The van der Waals surface area contributed by atoms with Gasteiger partial charge < -0.3 is 15.0 Å². The molecule has 2 aromatic carbocycles. The minimum absolute atomic E-state index is 0.106. The van der Waals surface area contributed by atoms with Gasteiger partial charge in [-0.25, -0.2) is 0 Å². The number of benzene rings is 2. The van der Waals surface area contributed by atoms with Gasteiger partial charge in [-0.3, -0.25) is 9.59 Å². The second-order valence-corrected chi connectivity index (χ2v) is 8.79. The average molecular weight is 483 g/mol. The number of allylic oxidation sites excluding steroid dienone is 6. The van der Waals surface area contributed by atoms with Crippen LogP contribution in [0.2, 0.25) is 0 Å². The van der Waals surface area contributed by atoms with Crippen molar-refractivity contribution in [1.82, 2.24) is 10.2 Å². The Labute approximate surface area is 214 Å².